The Bertz CT molecular complexity index is 830. The van der Waals surface area contributed by atoms with Crippen molar-refractivity contribution in [1.82, 2.24) is 4.98 Å². The minimum Gasteiger partial charge on any atom is -0.288 e. The van der Waals surface area contributed by atoms with Crippen molar-refractivity contribution in [2.75, 3.05) is 0 Å². The number of benzene rings is 1. The minimum absolute atomic E-state index is 0.0565. The lowest BCUT2D eigenvalue weighted by Gasteiger charge is -1.99. The Balaban J connectivity index is 2.57. The van der Waals surface area contributed by atoms with Gasteiger partial charge in [-0.1, -0.05) is 0 Å². The van der Waals surface area contributed by atoms with Crippen LogP contribution in [0.3, 0.4) is 0 Å². The third-order valence-electron chi connectivity index (χ3n) is 2.58. The highest BCUT2D eigenvalue weighted by Gasteiger charge is 2.06. The van der Waals surface area contributed by atoms with Crippen LogP contribution >= 0.6 is 11.3 Å². The van der Waals surface area contributed by atoms with E-state index in [9.17, 15) is 4.79 Å². The van der Waals surface area contributed by atoms with Crippen molar-refractivity contribution in [1.29, 1.82) is 5.26 Å². The quantitative estimate of drug-likeness (QED) is 0.566. The van der Waals surface area contributed by atoms with Crippen LogP contribution in [-0.2, 0) is 0 Å². The number of nitrogens with zero attached hydrogens (tertiary/aromatic N) is 2. The van der Waals surface area contributed by atoms with Gasteiger partial charge in [0.15, 0.2) is 5.43 Å². The summed E-state index contributed by atoms with van der Waals surface area (Å²) in [6, 6.07) is 10.7. The number of pyridine rings is 1. The molecule has 0 N–H and O–H groups in total. The molecule has 80 valence electrons. The maximum absolute atomic E-state index is 12.2. The standard InChI is InChI=1S/C13H6N2OS/c14-7-8-3-4-11-10(6-8)12(16)9-2-1-5-15-13(9)17-11/h1-6H. The lowest BCUT2D eigenvalue weighted by Crippen LogP contribution is -2.01. The van der Waals surface area contributed by atoms with Gasteiger partial charge in [0.2, 0.25) is 0 Å². The molecule has 2 aromatic heterocycles. The molecule has 3 rings (SSSR count). The van der Waals surface area contributed by atoms with Crippen LogP contribution in [0.5, 0.6) is 0 Å². The first-order valence-corrected chi connectivity index (χ1v) is 5.83. The first-order chi connectivity index (χ1) is 8.29. The zero-order chi connectivity index (χ0) is 11.8. The SMILES string of the molecule is N#Cc1ccc2sc3ncccc3c(=O)c2c1. The number of aromatic nitrogens is 1. The Morgan fingerprint density at radius 3 is 2.94 bits per heavy atom. The monoisotopic (exact) mass is 238 g/mol. The highest BCUT2D eigenvalue weighted by atomic mass is 32.1. The summed E-state index contributed by atoms with van der Waals surface area (Å²) in [4.78, 5) is 17.1. The Morgan fingerprint density at radius 1 is 1.24 bits per heavy atom. The number of nitriles is 1. The molecule has 17 heavy (non-hydrogen) atoms. The summed E-state index contributed by atoms with van der Waals surface area (Å²) in [6.07, 6.45) is 1.67. The van der Waals surface area contributed by atoms with Crippen molar-refractivity contribution >= 4 is 31.6 Å². The molecule has 3 nitrogen and oxygen atoms in total. The summed E-state index contributed by atoms with van der Waals surface area (Å²) in [6.45, 7) is 0. The van der Waals surface area contributed by atoms with E-state index in [1.165, 1.54) is 11.3 Å². The van der Waals surface area contributed by atoms with Gasteiger partial charge in [0.1, 0.15) is 4.83 Å². The summed E-state index contributed by atoms with van der Waals surface area (Å²) in [7, 11) is 0. The average Bonchev–Trinajstić information content (AvgIpc) is 2.39. The highest BCUT2D eigenvalue weighted by Crippen LogP contribution is 2.23. The van der Waals surface area contributed by atoms with Crippen LogP contribution in [0.25, 0.3) is 20.3 Å². The van der Waals surface area contributed by atoms with E-state index in [0.717, 1.165) is 9.53 Å². The maximum atomic E-state index is 12.2. The molecule has 0 amide bonds. The molecular weight excluding hydrogens is 232 g/mol. The second-order valence-corrected chi connectivity index (χ2v) is 4.64. The molecule has 0 aliphatic heterocycles. The summed E-state index contributed by atoms with van der Waals surface area (Å²) >= 11 is 1.46. The van der Waals surface area contributed by atoms with Crippen molar-refractivity contribution in [2.24, 2.45) is 0 Å². The van der Waals surface area contributed by atoms with Gasteiger partial charge in [-0.3, -0.25) is 4.79 Å². The van der Waals surface area contributed by atoms with Crippen molar-refractivity contribution in [3.63, 3.8) is 0 Å². The molecular formula is C13H6N2OS. The summed E-state index contributed by atoms with van der Waals surface area (Å²) < 4.78 is 0.861. The molecule has 0 aliphatic rings. The second kappa shape index (κ2) is 3.65. The Labute approximate surface area is 101 Å². The van der Waals surface area contributed by atoms with Crippen LogP contribution in [0, 0.1) is 11.3 Å². The van der Waals surface area contributed by atoms with Crippen molar-refractivity contribution < 1.29 is 0 Å². The predicted molar refractivity (Wildman–Crippen MR) is 68.1 cm³/mol. The summed E-state index contributed by atoms with van der Waals surface area (Å²) in [5.74, 6) is 0. The Hall–Kier alpha value is -2.25. The lowest BCUT2D eigenvalue weighted by molar-refractivity contribution is 1.44. The van der Waals surface area contributed by atoms with Gasteiger partial charge in [-0.25, -0.2) is 4.98 Å². The van der Waals surface area contributed by atoms with E-state index >= 15 is 0 Å². The number of hydrogen-bond donors (Lipinski definition) is 0. The number of hydrogen-bond acceptors (Lipinski definition) is 4. The first-order valence-electron chi connectivity index (χ1n) is 5.01. The molecule has 0 radical (unpaired) electrons. The van der Waals surface area contributed by atoms with Gasteiger partial charge >= 0.3 is 0 Å². The van der Waals surface area contributed by atoms with Crippen molar-refractivity contribution in [3.8, 4) is 6.07 Å². The van der Waals surface area contributed by atoms with Gasteiger partial charge in [0.05, 0.1) is 17.0 Å². The van der Waals surface area contributed by atoms with E-state index in [2.05, 4.69) is 4.98 Å². The van der Waals surface area contributed by atoms with E-state index < -0.39 is 0 Å². The smallest absolute Gasteiger partial charge is 0.197 e. The van der Waals surface area contributed by atoms with Crippen LogP contribution < -0.4 is 5.43 Å². The zero-order valence-corrected chi connectivity index (χ0v) is 9.49. The second-order valence-electron chi connectivity index (χ2n) is 3.61. The molecule has 0 unspecified atom stereocenters. The minimum atomic E-state index is -0.0565. The van der Waals surface area contributed by atoms with E-state index in [0.29, 0.717) is 16.3 Å². The molecule has 0 spiro atoms. The molecule has 3 aromatic rings. The molecule has 0 fully saturated rings. The van der Waals surface area contributed by atoms with Crippen molar-refractivity contribution in [2.45, 2.75) is 0 Å². The summed E-state index contributed by atoms with van der Waals surface area (Å²) in [5.41, 5.74) is 0.448. The molecule has 0 bridgehead atoms. The maximum Gasteiger partial charge on any atom is 0.197 e. The number of rotatable bonds is 0. The van der Waals surface area contributed by atoms with E-state index in [1.807, 2.05) is 6.07 Å². The largest absolute Gasteiger partial charge is 0.288 e. The Kier molecular flexibility index (Phi) is 2.13. The fourth-order valence-corrected chi connectivity index (χ4v) is 2.75. The topological polar surface area (TPSA) is 53.8 Å². The van der Waals surface area contributed by atoms with Crippen molar-refractivity contribution in [3.05, 3.63) is 52.3 Å². The zero-order valence-electron chi connectivity index (χ0n) is 8.68. The molecule has 0 atom stereocenters. The van der Waals surface area contributed by atoms with Gasteiger partial charge in [0, 0.05) is 16.3 Å². The average molecular weight is 238 g/mol. The van der Waals surface area contributed by atoms with E-state index in [1.54, 1.807) is 36.5 Å². The third kappa shape index (κ3) is 1.49. The van der Waals surface area contributed by atoms with E-state index in [4.69, 9.17) is 5.26 Å². The van der Waals surface area contributed by atoms with Gasteiger partial charge < -0.3 is 0 Å². The highest BCUT2D eigenvalue weighted by molar-refractivity contribution is 7.24. The van der Waals surface area contributed by atoms with Crippen LogP contribution in [0.4, 0.5) is 0 Å². The molecule has 0 saturated heterocycles. The fraction of sp³-hybridized carbons (Fsp3) is 0. The van der Waals surface area contributed by atoms with Gasteiger partial charge in [-0.15, -0.1) is 11.3 Å². The summed E-state index contributed by atoms with van der Waals surface area (Å²) in [5, 5.41) is 10.0. The molecule has 0 saturated carbocycles. The molecule has 2 heterocycles. The van der Waals surface area contributed by atoms with E-state index in [-0.39, 0.29) is 5.43 Å². The fourth-order valence-electron chi connectivity index (χ4n) is 1.76. The Morgan fingerprint density at radius 2 is 2.12 bits per heavy atom. The first kappa shape index (κ1) is 9.94. The predicted octanol–water partition coefficient (Wildman–Crippen LogP) is 2.68. The van der Waals surface area contributed by atoms with Gasteiger partial charge in [-0.2, -0.15) is 5.26 Å². The number of fused-ring (bicyclic) bond motifs is 2. The molecule has 1 aromatic carbocycles. The van der Waals surface area contributed by atoms with Crippen LogP contribution in [0.2, 0.25) is 0 Å². The normalized spacial score (nSPS) is 10.5. The van der Waals surface area contributed by atoms with Gasteiger partial charge in [-0.05, 0) is 30.3 Å². The lowest BCUT2D eigenvalue weighted by atomic mass is 10.1. The van der Waals surface area contributed by atoms with Crippen LogP contribution in [0.1, 0.15) is 5.56 Å². The third-order valence-corrected chi connectivity index (χ3v) is 3.67. The van der Waals surface area contributed by atoms with Crippen LogP contribution in [0.15, 0.2) is 41.3 Å². The van der Waals surface area contributed by atoms with Crippen LogP contribution in [-0.4, -0.2) is 4.98 Å². The molecule has 4 heteroatoms. The van der Waals surface area contributed by atoms with Gasteiger partial charge in [0.25, 0.3) is 0 Å². The molecule has 0 aliphatic carbocycles.